The summed E-state index contributed by atoms with van der Waals surface area (Å²) in [4.78, 5) is 4.37. The van der Waals surface area contributed by atoms with E-state index < -0.39 is 0 Å². The van der Waals surface area contributed by atoms with E-state index in [-0.39, 0.29) is 0 Å². The van der Waals surface area contributed by atoms with Gasteiger partial charge in [0.25, 0.3) is 0 Å². The molecule has 0 atom stereocenters. The monoisotopic (exact) mass is 297 g/mol. The topological polar surface area (TPSA) is 59.6 Å². The predicted octanol–water partition coefficient (Wildman–Crippen LogP) is 3.75. The van der Waals surface area contributed by atoms with Crippen LogP contribution in [0.15, 0.2) is 53.5 Å². The highest BCUT2D eigenvalue weighted by molar-refractivity contribution is 5.92. The first kappa shape index (κ1) is 15.9. The standard InChI is InChI=1S/C18H23N3O/c1-13(2)15-7-5-8-16(11-15)21-18(19)20-12-14-6-4-9-17(10-14)22-3/h4-11,13H,12H2,1-3H3,(H3,19,20,21). The van der Waals surface area contributed by atoms with Crippen LogP contribution in [0.5, 0.6) is 5.75 Å². The second-order valence-corrected chi connectivity index (χ2v) is 5.46. The van der Waals surface area contributed by atoms with Crippen molar-refractivity contribution in [1.29, 1.82) is 0 Å². The third kappa shape index (κ3) is 4.52. The summed E-state index contributed by atoms with van der Waals surface area (Å²) in [5.74, 6) is 1.71. The van der Waals surface area contributed by atoms with Gasteiger partial charge in [-0.1, -0.05) is 38.1 Å². The molecular formula is C18H23N3O. The summed E-state index contributed by atoms with van der Waals surface area (Å²) in [6.07, 6.45) is 0. The van der Waals surface area contributed by atoms with E-state index in [2.05, 4.69) is 36.3 Å². The maximum Gasteiger partial charge on any atom is 0.193 e. The summed E-state index contributed by atoms with van der Waals surface area (Å²) in [5, 5.41) is 3.13. The molecule has 2 aromatic carbocycles. The minimum atomic E-state index is 0.406. The first-order chi connectivity index (χ1) is 10.6. The SMILES string of the molecule is COc1cccc(CN=C(N)Nc2cccc(C(C)C)c2)c1. The molecule has 0 radical (unpaired) electrons. The van der Waals surface area contributed by atoms with E-state index in [1.807, 2.05) is 36.4 Å². The number of hydrogen-bond donors (Lipinski definition) is 2. The van der Waals surface area contributed by atoms with Crippen molar-refractivity contribution in [2.24, 2.45) is 10.7 Å². The van der Waals surface area contributed by atoms with Gasteiger partial charge < -0.3 is 15.8 Å². The molecule has 0 fully saturated rings. The third-order valence-electron chi connectivity index (χ3n) is 3.39. The fourth-order valence-electron chi connectivity index (χ4n) is 2.11. The maximum atomic E-state index is 5.96. The zero-order chi connectivity index (χ0) is 15.9. The van der Waals surface area contributed by atoms with E-state index in [4.69, 9.17) is 10.5 Å². The number of hydrogen-bond acceptors (Lipinski definition) is 2. The Kier molecular flexibility index (Phi) is 5.42. The second-order valence-electron chi connectivity index (χ2n) is 5.46. The highest BCUT2D eigenvalue weighted by Crippen LogP contribution is 2.18. The molecule has 0 heterocycles. The number of methoxy groups -OCH3 is 1. The molecule has 0 bridgehead atoms. The quantitative estimate of drug-likeness (QED) is 0.653. The number of nitrogens with zero attached hydrogens (tertiary/aromatic N) is 1. The van der Waals surface area contributed by atoms with E-state index in [0.29, 0.717) is 18.4 Å². The van der Waals surface area contributed by atoms with E-state index in [0.717, 1.165) is 17.0 Å². The number of rotatable bonds is 5. The largest absolute Gasteiger partial charge is 0.497 e. The van der Waals surface area contributed by atoms with Gasteiger partial charge in [0, 0.05) is 5.69 Å². The Balaban J connectivity index is 2.02. The number of ether oxygens (including phenoxy) is 1. The Bertz CT molecular complexity index is 650. The maximum absolute atomic E-state index is 5.96. The molecule has 22 heavy (non-hydrogen) atoms. The van der Waals surface area contributed by atoms with Crippen molar-refractivity contribution in [3.8, 4) is 5.75 Å². The van der Waals surface area contributed by atoms with Gasteiger partial charge in [0.1, 0.15) is 5.75 Å². The first-order valence-electron chi connectivity index (χ1n) is 7.38. The Morgan fingerprint density at radius 2 is 1.95 bits per heavy atom. The zero-order valence-electron chi connectivity index (χ0n) is 13.3. The molecule has 2 rings (SSSR count). The highest BCUT2D eigenvalue weighted by atomic mass is 16.5. The second kappa shape index (κ2) is 7.50. The van der Waals surface area contributed by atoms with Crippen molar-refractivity contribution < 1.29 is 4.74 Å². The Morgan fingerprint density at radius 3 is 2.68 bits per heavy atom. The molecule has 4 nitrogen and oxygen atoms in total. The molecule has 0 unspecified atom stereocenters. The molecule has 116 valence electrons. The summed E-state index contributed by atoms with van der Waals surface area (Å²) in [5.41, 5.74) is 9.24. The molecule has 0 saturated carbocycles. The molecule has 0 aliphatic heterocycles. The lowest BCUT2D eigenvalue weighted by molar-refractivity contribution is 0.414. The fraction of sp³-hybridized carbons (Fsp3) is 0.278. The van der Waals surface area contributed by atoms with Crippen molar-refractivity contribution in [2.45, 2.75) is 26.3 Å². The van der Waals surface area contributed by atoms with Gasteiger partial charge in [-0.05, 0) is 41.3 Å². The normalized spacial score (nSPS) is 11.5. The molecule has 4 heteroatoms. The van der Waals surface area contributed by atoms with Crippen LogP contribution in [0.1, 0.15) is 30.9 Å². The molecule has 0 aliphatic rings. The van der Waals surface area contributed by atoms with E-state index in [1.54, 1.807) is 7.11 Å². The van der Waals surface area contributed by atoms with Crippen LogP contribution in [0.3, 0.4) is 0 Å². The Morgan fingerprint density at radius 1 is 1.18 bits per heavy atom. The Labute approximate surface area is 132 Å². The van der Waals surface area contributed by atoms with Crippen molar-refractivity contribution >= 4 is 11.6 Å². The number of aliphatic imine (C=N–C) groups is 1. The molecule has 0 amide bonds. The molecule has 3 N–H and O–H groups in total. The van der Waals surface area contributed by atoms with Crippen LogP contribution in [-0.4, -0.2) is 13.1 Å². The number of benzene rings is 2. The molecule has 2 aromatic rings. The predicted molar refractivity (Wildman–Crippen MR) is 92.5 cm³/mol. The van der Waals surface area contributed by atoms with Gasteiger partial charge in [-0.2, -0.15) is 0 Å². The summed E-state index contributed by atoms with van der Waals surface area (Å²) in [6, 6.07) is 16.0. The number of nitrogens with one attached hydrogen (secondary N) is 1. The van der Waals surface area contributed by atoms with Crippen LogP contribution < -0.4 is 15.8 Å². The average Bonchev–Trinajstić information content (AvgIpc) is 2.53. The van der Waals surface area contributed by atoms with Gasteiger partial charge in [0.2, 0.25) is 0 Å². The van der Waals surface area contributed by atoms with Crippen LogP contribution in [-0.2, 0) is 6.54 Å². The lowest BCUT2D eigenvalue weighted by Gasteiger charge is -2.10. The van der Waals surface area contributed by atoms with Crippen molar-refractivity contribution in [3.63, 3.8) is 0 Å². The van der Waals surface area contributed by atoms with Crippen LogP contribution in [0.2, 0.25) is 0 Å². The lowest BCUT2D eigenvalue weighted by Crippen LogP contribution is -2.22. The smallest absolute Gasteiger partial charge is 0.193 e. The van der Waals surface area contributed by atoms with Gasteiger partial charge >= 0.3 is 0 Å². The van der Waals surface area contributed by atoms with E-state index >= 15 is 0 Å². The number of nitrogens with two attached hydrogens (primary N) is 1. The molecule has 0 saturated heterocycles. The summed E-state index contributed by atoms with van der Waals surface area (Å²) in [6.45, 7) is 4.85. The van der Waals surface area contributed by atoms with Crippen molar-refractivity contribution in [3.05, 3.63) is 59.7 Å². The number of anilines is 1. The van der Waals surface area contributed by atoms with E-state index in [1.165, 1.54) is 5.56 Å². The Hall–Kier alpha value is -2.49. The summed E-state index contributed by atoms with van der Waals surface area (Å²) in [7, 11) is 1.65. The van der Waals surface area contributed by atoms with Gasteiger partial charge in [0.15, 0.2) is 5.96 Å². The minimum absolute atomic E-state index is 0.406. The van der Waals surface area contributed by atoms with E-state index in [9.17, 15) is 0 Å². The molecule has 0 aliphatic carbocycles. The first-order valence-corrected chi connectivity index (χ1v) is 7.38. The number of guanidine groups is 1. The summed E-state index contributed by atoms with van der Waals surface area (Å²) < 4.78 is 5.20. The van der Waals surface area contributed by atoms with Gasteiger partial charge in [-0.25, -0.2) is 4.99 Å². The zero-order valence-corrected chi connectivity index (χ0v) is 13.3. The summed E-state index contributed by atoms with van der Waals surface area (Å²) >= 11 is 0. The molecule has 0 spiro atoms. The third-order valence-corrected chi connectivity index (χ3v) is 3.39. The van der Waals surface area contributed by atoms with Crippen LogP contribution in [0.4, 0.5) is 5.69 Å². The van der Waals surface area contributed by atoms with Gasteiger partial charge in [-0.3, -0.25) is 0 Å². The van der Waals surface area contributed by atoms with Crippen LogP contribution >= 0.6 is 0 Å². The highest BCUT2D eigenvalue weighted by Gasteiger charge is 2.01. The fourth-order valence-corrected chi connectivity index (χ4v) is 2.11. The van der Waals surface area contributed by atoms with Crippen molar-refractivity contribution in [1.82, 2.24) is 0 Å². The van der Waals surface area contributed by atoms with Crippen LogP contribution in [0, 0.1) is 0 Å². The van der Waals surface area contributed by atoms with Crippen LogP contribution in [0.25, 0.3) is 0 Å². The molecule has 0 aromatic heterocycles. The van der Waals surface area contributed by atoms with Gasteiger partial charge in [-0.15, -0.1) is 0 Å². The van der Waals surface area contributed by atoms with Gasteiger partial charge in [0.05, 0.1) is 13.7 Å². The minimum Gasteiger partial charge on any atom is -0.497 e. The van der Waals surface area contributed by atoms with Crippen molar-refractivity contribution in [2.75, 3.05) is 12.4 Å². The molecular weight excluding hydrogens is 274 g/mol. The lowest BCUT2D eigenvalue weighted by atomic mass is 10.0. The average molecular weight is 297 g/mol.